The van der Waals surface area contributed by atoms with Gasteiger partial charge in [-0.3, -0.25) is 4.79 Å². The van der Waals surface area contributed by atoms with Crippen LogP contribution < -0.4 is 9.47 Å². The van der Waals surface area contributed by atoms with Crippen LogP contribution >= 0.6 is 11.8 Å². The van der Waals surface area contributed by atoms with Gasteiger partial charge in [-0.05, 0) is 60.6 Å². The number of thioether (sulfide) groups is 1. The Labute approximate surface area is 196 Å². The Bertz CT molecular complexity index is 922. The van der Waals surface area contributed by atoms with Crippen molar-refractivity contribution in [3.63, 3.8) is 0 Å². The lowest BCUT2D eigenvalue weighted by Gasteiger charge is -2.43. The number of carbonyl (C=O) groups is 1. The lowest BCUT2D eigenvalue weighted by Crippen LogP contribution is -2.36. The molecule has 0 saturated carbocycles. The van der Waals surface area contributed by atoms with Crippen LogP contribution in [0.5, 0.6) is 11.5 Å². The molecular weight excluding hydrogens is 420 g/mol. The largest absolute Gasteiger partial charge is 0.497 e. The minimum absolute atomic E-state index is 0.0416. The first-order chi connectivity index (χ1) is 15.5. The van der Waals surface area contributed by atoms with E-state index in [1.165, 1.54) is 16.0 Å². The summed E-state index contributed by atoms with van der Waals surface area (Å²) in [5.41, 5.74) is 2.82. The number of carboxylic acids is 1. The number of fused-ring (bicyclic) bond motifs is 1. The van der Waals surface area contributed by atoms with E-state index < -0.39 is 5.97 Å². The first kappa shape index (κ1) is 24.2. The van der Waals surface area contributed by atoms with Gasteiger partial charge in [0.15, 0.2) is 0 Å². The number of rotatable bonds is 11. The molecule has 1 aliphatic heterocycles. The van der Waals surface area contributed by atoms with Gasteiger partial charge in [0, 0.05) is 16.1 Å². The summed E-state index contributed by atoms with van der Waals surface area (Å²) >= 11 is 1.92. The van der Waals surface area contributed by atoms with Crippen molar-refractivity contribution in [1.29, 1.82) is 0 Å². The molecule has 1 aliphatic rings. The van der Waals surface area contributed by atoms with E-state index in [1.807, 2.05) is 17.8 Å². The molecule has 3 rings (SSSR count). The molecule has 0 radical (unpaired) electrons. The zero-order valence-corrected chi connectivity index (χ0v) is 20.1. The summed E-state index contributed by atoms with van der Waals surface area (Å²) in [5, 5.41) is 8.72. The number of hydrogen-bond donors (Lipinski definition) is 1. The third-order valence-electron chi connectivity index (χ3n) is 6.46. The number of methoxy groups -OCH3 is 2. The van der Waals surface area contributed by atoms with Crippen molar-refractivity contribution >= 4 is 17.7 Å². The molecule has 1 N–H and O–H groups in total. The standard InChI is InChI=1S/C27H34O4S/c1-27(20-12-14-21(30-2)15-13-20)19-32-25-18-22(31-3)16-17-23(25)24(27)10-8-6-4-5-7-9-11-26(28)29/h7,9,12-18,24H,4-6,8,10-11,19H2,1-3H3,(H,28,29)/b9-7+/t24?,27-/m0/s1. The van der Waals surface area contributed by atoms with E-state index in [-0.39, 0.29) is 11.8 Å². The number of allylic oxidation sites excluding steroid dienone is 1. The average molecular weight is 455 g/mol. The van der Waals surface area contributed by atoms with Crippen LogP contribution in [0.2, 0.25) is 0 Å². The smallest absolute Gasteiger partial charge is 0.307 e. The predicted octanol–water partition coefficient (Wildman–Crippen LogP) is 6.83. The van der Waals surface area contributed by atoms with Crippen molar-refractivity contribution in [1.82, 2.24) is 0 Å². The minimum atomic E-state index is -0.774. The highest BCUT2D eigenvalue weighted by atomic mass is 32.2. The van der Waals surface area contributed by atoms with Crippen LogP contribution in [0.3, 0.4) is 0 Å². The Morgan fingerprint density at radius 1 is 1.06 bits per heavy atom. The summed E-state index contributed by atoms with van der Waals surface area (Å²) < 4.78 is 10.8. The third kappa shape index (κ3) is 5.89. The maximum absolute atomic E-state index is 10.6. The molecule has 0 bridgehead atoms. The van der Waals surface area contributed by atoms with Crippen molar-refractivity contribution in [3.05, 3.63) is 65.7 Å². The summed E-state index contributed by atoms with van der Waals surface area (Å²) in [7, 11) is 3.43. The van der Waals surface area contributed by atoms with Gasteiger partial charge in [-0.1, -0.05) is 50.1 Å². The molecule has 1 heterocycles. The molecule has 4 nitrogen and oxygen atoms in total. The van der Waals surface area contributed by atoms with E-state index in [0.29, 0.717) is 5.92 Å². The highest BCUT2D eigenvalue weighted by Gasteiger charge is 2.41. The summed E-state index contributed by atoms with van der Waals surface area (Å²) in [6.07, 6.45) is 9.31. The number of aliphatic carboxylic acids is 1. The van der Waals surface area contributed by atoms with Gasteiger partial charge in [-0.15, -0.1) is 11.8 Å². The van der Waals surface area contributed by atoms with E-state index >= 15 is 0 Å². The maximum atomic E-state index is 10.6. The quantitative estimate of drug-likeness (QED) is 0.298. The van der Waals surface area contributed by atoms with E-state index in [4.69, 9.17) is 14.6 Å². The fourth-order valence-electron chi connectivity index (χ4n) is 4.55. The van der Waals surface area contributed by atoms with Crippen LogP contribution in [0.1, 0.15) is 62.5 Å². The number of benzene rings is 2. The molecule has 2 atom stereocenters. The highest BCUT2D eigenvalue weighted by molar-refractivity contribution is 7.99. The van der Waals surface area contributed by atoms with Crippen LogP contribution in [-0.2, 0) is 10.2 Å². The van der Waals surface area contributed by atoms with Gasteiger partial charge in [0.2, 0.25) is 0 Å². The van der Waals surface area contributed by atoms with Gasteiger partial charge >= 0.3 is 5.97 Å². The van der Waals surface area contributed by atoms with Gasteiger partial charge < -0.3 is 14.6 Å². The van der Waals surface area contributed by atoms with Crippen molar-refractivity contribution in [3.8, 4) is 11.5 Å². The molecule has 0 aliphatic carbocycles. The van der Waals surface area contributed by atoms with E-state index in [2.05, 4.69) is 49.4 Å². The van der Waals surface area contributed by atoms with E-state index in [1.54, 1.807) is 20.3 Å². The second kappa shape index (κ2) is 11.5. The Morgan fingerprint density at radius 3 is 2.47 bits per heavy atom. The van der Waals surface area contributed by atoms with E-state index in [0.717, 1.165) is 49.4 Å². The molecular formula is C27H34O4S. The van der Waals surface area contributed by atoms with Crippen LogP contribution in [0.25, 0.3) is 0 Å². The lowest BCUT2D eigenvalue weighted by molar-refractivity contribution is -0.136. The first-order valence-electron chi connectivity index (χ1n) is 11.3. The normalized spacial score (nSPS) is 20.2. The van der Waals surface area contributed by atoms with Gasteiger partial charge in [-0.2, -0.15) is 0 Å². The van der Waals surface area contributed by atoms with Crippen LogP contribution in [0.4, 0.5) is 0 Å². The molecule has 0 spiro atoms. The average Bonchev–Trinajstić information content (AvgIpc) is 2.81. The fourth-order valence-corrected chi connectivity index (χ4v) is 5.95. The first-order valence-corrected chi connectivity index (χ1v) is 12.3. The van der Waals surface area contributed by atoms with Crippen LogP contribution in [0.15, 0.2) is 59.5 Å². The fraction of sp³-hybridized carbons (Fsp3) is 0.444. The van der Waals surface area contributed by atoms with Crippen LogP contribution in [-0.4, -0.2) is 31.0 Å². The van der Waals surface area contributed by atoms with Gasteiger partial charge in [0.05, 0.1) is 20.6 Å². The molecule has 0 saturated heterocycles. The number of carboxylic acid groups (broad SMARTS) is 1. The molecule has 0 fully saturated rings. The molecule has 0 aromatic heterocycles. The molecule has 0 amide bonds. The van der Waals surface area contributed by atoms with E-state index in [9.17, 15) is 4.79 Å². The zero-order chi connectivity index (χ0) is 23.0. The molecule has 1 unspecified atom stereocenters. The Hall–Kier alpha value is -2.40. The number of ether oxygens (including phenoxy) is 2. The predicted molar refractivity (Wildman–Crippen MR) is 131 cm³/mol. The highest BCUT2D eigenvalue weighted by Crippen LogP contribution is 2.52. The summed E-state index contributed by atoms with van der Waals surface area (Å²) in [5.74, 6) is 2.49. The molecule has 32 heavy (non-hydrogen) atoms. The SMILES string of the molecule is COc1ccc([C@]2(C)CSc3cc(OC)ccc3C2CCCCC/C=C/CC(=O)O)cc1. The van der Waals surface area contributed by atoms with Crippen molar-refractivity contribution in [2.75, 3.05) is 20.0 Å². The molecule has 2 aromatic carbocycles. The molecule has 2 aromatic rings. The third-order valence-corrected chi connectivity index (χ3v) is 7.87. The van der Waals surface area contributed by atoms with Gasteiger partial charge in [0.1, 0.15) is 11.5 Å². The van der Waals surface area contributed by atoms with Crippen LogP contribution in [0, 0.1) is 0 Å². The molecule has 5 heteroatoms. The minimum Gasteiger partial charge on any atom is -0.497 e. The Kier molecular flexibility index (Phi) is 8.68. The summed E-state index contributed by atoms with van der Waals surface area (Å²) in [4.78, 5) is 11.9. The summed E-state index contributed by atoms with van der Waals surface area (Å²) in [6, 6.07) is 15.1. The van der Waals surface area contributed by atoms with Crippen molar-refractivity contribution < 1.29 is 19.4 Å². The van der Waals surface area contributed by atoms with Crippen molar-refractivity contribution in [2.45, 2.75) is 61.7 Å². The topological polar surface area (TPSA) is 55.8 Å². The second-order valence-electron chi connectivity index (χ2n) is 8.60. The van der Waals surface area contributed by atoms with Gasteiger partial charge in [-0.25, -0.2) is 0 Å². The summed E-state index contributed by atoms with van der Waals surface area (Å²) in [6.45, 7) is 2.40. The Morgan fingerprint density at radius 2 is 1.78 bits per heavy atom. The van der Waals surface area contributed by atoms with Gasteiger partial charge in [0.25, 0.3) is 0 Å². The number of unbranched alkanes of at least 4 members (excludes halogenated alkanes) is 3. The lowest BCUT2D eigenvalue weighted by atomic mass is 9.68. The zero-order valence-electron chi connectivity index (χ0n) is 19.3. The maximum Gasteiger partial charge on any atom is 0.307 e. The second-order valence-corrected chi connectivity index (χ2v) is 9.62. The Balaban J connectivity index is 1.74. The van der Waals surface area contributed by atoms with Crippen molar-refractivity contribution in [2.24, 2.45) is 0 Å². The molecule has 172 valence electrons. The monoisotopic (exact) mass is 454 g/mol. The number of hydrogen-bond acceptors (Lipinski definition) is 4.